The predicted molar refractivity (Wildman–Crippen MR) is 85.3 cm³/mol. The first kappa shape index (κ1) is 16.9. The van der Waals surface area contributed by atoms with E-state index in [1.807, 2.05) is 0 Å². The third kappa shape index (κ3) is 3.85. The summed E-state index contributed by atoms with van der Waals surface area (Å²) in [6, 6.07) is 6.41. The maximum absolute atomic E-state index is 12.8. The number of carbonyl (C=O) groups excluding carboxylic acids is 1. The van der Waals surface area contributed by atoms with E-state index in [9.17, 15) is 13.2 Å². The number of carbonyl (C=O) groups is 1. The van der Waals surface area contributed by atoms with Gasteiger partial charge in [0.25, 0.3) is 5.91 Å². The molecule has 0 aromatic heterocycles. The second-order valence-corrected chi connectivity index (χ2v) is 7.23. The molecule has 1 saturated heterocycles. The molecule has 0 atom stereocenters. The fourth-order valence-corrected chi connectivity index (χ4v) is 4.23. The minimum absolute atomic E-state index is 0.0962. The van der Waals surface area contributed by atoms with Crippen molar-refractivity contribution in [3.05, 3.63) is 29.8 Å². The van der Waals surface area contributed by atoms with Crippen LogP contribution < -0.4 is 10.6 Å². The lowest BCUT2D eigenvalue weighted by Gasteiger charge is -2.26. The normalized spacial score (nSPS) is 16.4. The largest absolute Gasteiger partial charge is 0.351 e. The highest BCUT2D eigenvalue weighted by molar-refractivity contribution is 7.89. The first-order valence-corrected chi connectivity index (χ1v) is 9.03. The van der Waals surface area contributed by atoms with Gasteiger partial charge in [0.15, 0.2) is 0 Å². The summed E-state index contributed by atoms with van der Waals surface area (Å²) in [5, 5.41) is 5.66. The maximum Gasteiger partial charge on any atom is 0.252 e. The van der Waals surface area contributed by atoms with Crippen molar-refractivity contribution >= 4 is 15.9 Å². The molecule has 6 nitrogen and oxygen atoms in total. The summed E-state index contributed by atoms with van der Waals surface area (Å²) < 4.78 is 27.0. The SMILES string of the molecule is CNCCNC(=O)c1ccccc1S(=O)(=O)N1CCCCC1. The van der Waals surface area contributed by atoms with Gasteiger partial charge in [-0.05, 0) is 32.0 Å². The van der Waals surface area contributed by atoms with Crippen LogP contribution in [0.4, 0.5) is 0 Å². The van der Waals surface area contributed by atoms with Gasteiger partial charge in [-0.15, -0.1) is 0 Å². The van der Waals surface area contributed by atoms with E-state index in [4.69, 9.17) is 0 Å². The summed E-state index contributed by atoms with van der Waals surface area (Å²) in [6.45, 7) is 2.14. The van der Waals surface area contributed by atoms with Gasteiger partial charge in [0.1, 0.15) is 0 Å². The van der Waals surface area contributed by atoms with E-state index in [1.165, 1.54) is 10.4 Å². The molecule has 1 amide bonds. The molecule has 1 aliphatic heterocycles. The Balaban J connectivity index is 2.25. The molecule has 1 aromatic rings. The van der Waals surface area contributed by atoms with E-state index >= 15 is 0 Å². The number of sulfonamides is 1. The average molecular weight is 325 g/mol. The van der Waals surface area contributed by atoms with Gasteiger partial charge < -0.3 is 10.6 Å². The summed E-state index contributed by atoms with van der Waals surface area (Å²) in [4.78, 5) is 12.3. The first-order valence-electron chi connectivity index (χ1n) is 7.59. The fourth-order valence-electron chi connectivity index (χ4n) is 2.52. The van der Waals surface area contributed by atoms with Gasteiger partial charge in [0, 0.05) is 26.2 Å². The van der Waals surface area contributed by atoms with Gasteiger partial charge in [-0.3, -0.25) is 4.79 Å². The van der Waals surface area contributed by atoms with Gasteiger partial charge >= 0.3 is 0 Å². The van der Waals surface area contributed by atoms with Crippen LogP contribution in [0.25, 0.3) is 0 Å². The third-order valence-corrected chi connectivity index (χ3v) is 5.68. The molecule has 1 aliphatic rings. The van der Waals surface area contributed by atoms with E-state index in [2.05, 4.69) is 10.6 Å². The van der Waals surface area contributed by atoms with Crippen LogP contribution in [-0.2, 0) is 10.0 Å². The van der Waals surface area contributed by atoms with Gasteiger partial charge in [0.05, 0.1) is 10.5 Å². The van der Waals surface area contributed by atoms with Crippen molar-refractivity contribution in [3.8, 4) is 0 Å². The van der Waals surface area contributed by atoms with E-state index < -0.39 is 10.0 Å². The van der Waals surface area contributed by atoms with Crippen molar-refractivity contribution in [1.29, 1.82) is 0 Å². The molecule has 22 heavy (non-hydrogen) atoms. The Morgan fingerprint density at radius 3 is 2.50 bits per heavy atom. The van der Waals surface area contributed by atoms with Crippen molar-refractivity contribution in [3.63, 3.8) is 0 Å². The number of rotatable bonds is 6. The zero-order chi connectivity index (χ0) is 16.0. The van der Waals surface area contributed by atoms with E-state index in [0.29, 0.717) is 26.2 Å². The van der Waals surface area contributed by atoms with Crippen LogP contribution in [0.1, 0.15) is 29.6 Å². The van der Waals surface area contributed by atoms with Crippen molar-refractivity contribution in [1.82, 2.24) is 14.9 Å². The quantitative estimate of drug-likeness (QED) is 0.759. The standard InChI is InChI=1S/C15H23N3O3S/c1-16-9-10-17-15(19)13-7-3-4-8-14(13)22(20,21)18-11-5-2-6-12-18/h3-4,7-8,16H,2,5-6,9-12H2,1H3,(H,17,19). The first-order chi connectivity index (χ1) is 10.6. The van der Waals surface area contributed by atoms with Crippen LogP contribution in [0.15, 0.2) is 29.2 Å². The molecule has 7 heteroatoms. The van der Waals surface area contributed by atoms with Crippen LogP contribution in [0.5, 0.6) is 0 Å². The van der Waals surface area contributed by atoms with Crippen LogP contribution in [-0.4, -0.2) is 51.9 Å². The molecule has 0 saturated carbocycles. The van der Waals surface area contributed by atoms with Crippen molar-refractivity contribution in [2.24, 2.45) is 0 Å². The monoisotopic (exact) mass is 325 g/mol. The van der Waals surface area contributed by atoms with Gasteiger partial charge in [-0.25, -0.2) is 8.42 Å². The van der Waals surface area contributed by atoms with Crippen LogP contribution in [0.3, 0.4) is 0 Å². The molecule has 0 bridgehead atoms. The smallest absolute Gasteiger partial charge is 0.252 e. The zero-order valence-electron chi connectivity index (χ0n) is 12.8. The van der Waals surface area contributed by atoms with Gasteiger partial charge in [-0.1, -0.05) is 18.6 Å². The highest BCUT2D eigenvalue weighted by Gasteiger charge is 2.29. The highest BCUT2D eigenvalue weighted by Crippen LogP contribution is 2.23. The Kier molecular flexibility index (Phi) is 5.93. The molecular formula is C15H23N3O3S. The fraction of sp³-hybridized carbons (Fsp3) is 0.533. The topological polar surface area (TPSA) is 78.5 Å². The molecule has 0 spiro atoms. The number of likely N-dealkylation sites (N-methyl/N-ethyl adjacent to an activating group) is 1. The summed E-state index contributed by atoms with van der Waals surface area (Å²) >= 11 is 0. The molecular weight excluding hydrogens is 302 g/mol. The van der Waals surface area contributed by atoms with Gasteiger partial charge in [0.2, 0.25) is 10.0 Å². The summed E-state index contributed by atoms with van der Waals surface area (Å²) in [7, 11) is -1.82. The van der Waals surface area contributed by atoms with Crippen molar-refractivity contribution in [2.45, 2.75) is 24.2 Å². The van der Waals surface area contributed by atoms with Crippen LogP contribution in [0, 0.1) is 0 Å². The molecule has 2 rings (SSSR count). The Morgan fingerprint density at radius 1 is 1.14 bits per heavy atom. The Hall–Kier alpha value is -1.44. The summed E-state index contributed by atoms with van der Waals surface area (Å²) in [6.07, 6.45) is 2.80. The van der Waals surface area contributed by atoms with Crippen molar-refractivity contribution in [2.75, 3.05) is 33.2 Å². The van der Waals surface area contributed by atoms with E-state index in [-0.39, 0.29) is 16.4 Å². The molecule has 0 unspecified atom stereocenters. The minimum atomic E-state index is -3.61. The average Bonchev–Trinajstić information content (AvgIpc) is 2.56. The zero-order valence-corrected chi connectivity index (χ0v) is 13.7. The molecule has 0 radical (unpaired) electrons. The number of hydrogen-bond donors (Lipinski definition) is 2. The maximum atomic E-state index is 12.8. The number of nitrogens with one attached hydrogen (secondary N) is 2. The number of nitrogens with zero attached hydrogens (tertiary/aromatic N) is 1. The van der Waals surface area contributed by atoms with Gasteiger partial charge in [-0.2, -0.15) is 4.31 Å². The summed E-state index contributed by atoms with van der Waals surface area (Å²) in [5.74, 6) is -0.355. The molecule has 1 aromatic carbocycles. The van der Waals surface area contributed by atoms with Crippen LogP contribution in [0.2, 0.25) is 0 Å². The number of amides is 1. The van der Waals surface area contributed by atoms with Crippen LogP contribution >= 0.6 is 0 Å². The molecule has 0 aliphatic carbocycles. The lowest BCUT2D eigenvalue weighted by molar-refractivity contribution is 0.0950. The van der Waals surface area contributed by atoms with E-state index in [1.54, 1.807) is 25.2 Å². The minimum Gasteiger partial charge on any atom is -0.351 e. The molecule has 1 heterocycles. The second kappa shape index (κ2) is 7.71. The number of piperidine rings is 1. The molecule has 1 fully saturated rings. The number of hydrogen-bond acceptors (Lipinski definition) is 4. The summed E-state index contributed by atoms with van der Waals surface area (Å²) in [5.41, 5.74) is 0.212. The molecule has 122 valence electrons. The number of benzene rings is 1. The molecule has 2 N–H and O–H groups in total. The Morgan fingerprint density at radius 2 is 1.82 bits per heavy atom. The second-order valence-electron chi connectivity index (χ2n) is 5.32. The van der Waals surface area contributed by atoms with Crippen molar-refractivity contribution < 1.29 is 13.2 Å². The predicted octanol–water partition coefficient (Wildman–Crippen LogP) is 0.810. The highest BCUT2D eigenvalue weighted by atomic mass is 32.2. The Labute approximate surface area is 131 Å². The van der Waals surface area contributed by atoms with E-state index in [0.717, 1.165) is 19.3 Å². The third-order valence-electron chi connectivity index (χ3n) is 3.73. The Bertz CT molecular complexity index is 610. The lowest BCUT2D eigenvalue weighted by atomic mass is 10.2. The lowest BCUT2D eigenvalue weighted by Crippen LogP contribution is -2.37.